The van der Waals surface area contributed by atoms with E-state index < -0.39 is 9.84 Å². The van der Waals surface area contributed by atoms with Gasteiger partial charge in [-0.05, 0) is 87.1 Å². The lowest BCUT2D eigenvalue weighted by Gasteiger charge is -2.32. The number of sulfone groups is 1. The molecule has 1 aromatic heterocycles. The van der Waals surface area contributed by atoms with Crippen LogP contribution in [-0.2, 0) is 20.4 Å². The summed E-state index contributed by atoms with van der Waals surface area (Å²) in [5.74, 6) is 0.371. The number of anilines is 1. The lowest BCUT2D eigenvalue weighted by molar-refractivity contribution is -0.110. The molecule has 3 aromatic rings. The number of carbonyl (C=O) groups is 2. The van der Waals surface area contributed by atoms with Crippen molar-refractivity contribution < 1.29 is 27.5 Å². The number of aryl methyl sites for hydroxylation is 1. The maximum absolute atomic E-state index is 13.6. The van der Waals surface area contributed by atoms with Gasteiger partial charge in [-0.2, -0.15) is 0 Å². The highest BCUT2D eigenvalue weighted by molar-refractivity contribution is 7.90. The summed E-state index contributed by atoms with van der Waals surface area (Å²) in [5, 5.41) is 6.50. The van der Waals surface area contributed by atoms with Crippen LogP contribution in [0.4, 0.5) is 5.69 Å². The predicted molar refractivity (Wildman–Crippen MR) is 169 cm³/mol. The number of hydrogen-bond acceptors (Lipinski definition) is 7. The van der Waals surface area contributed by atoms with Crippen molar-refractivity contribution >= 4 is 39.0 Å². The van der Waals surface area contributed by atoms with Crippen molar-refractivity contribution in [2.24, 2.45) is 0 Å². The Morgan fingerprint density at radius 2 is 1.66 bits per heavy atom. The van der Waals surface area contributed by atoms with Crippen molar-refractivity contribution in [3.8, 4) is 11.5 Å². The number of amides is 2. The van der Waals surface area contributed by atoms with E-state index in [9.17, 15) is 18.0 Å². The number of rotatable bonds is 9. The number of nitrogens with zero attached hydrogens (tertiary/aromatic N) is 1. The largest absolute Gasteiger partial charge is 0.497 e. The Morgan fingerprint density at radius 1 is 1.00 bits per heavy atom. The molecule has 44 heavy (non-hydrogen) atoms. The molecule has 1 saturated heterocycles. The summed E-state index contributed by atoms with van der Waals surface area (Å²) >= 11 is 0. The van der Waals surface area contributed by atoms with E-state index >= 15 is 0 Å². The first-order valence-corrected chi connectivity index (χ1v) is 16.6. The van der Waals surface area contributed by atoms with Gasteiger partial charge in [-0.15, -0.1) is 0 Å². The molecular formula is C33H38N4O6S. The Labute approximate surface area is 257 Å². The van der Waals surface area contributed by atoms with Crippen LogP contribution < -0.4 is 20.1 Å². The first-order chi connectivity index (χ1) is 21.1. The Kier molecular flexibility index (Phi) is 8.02. The van der Waals surface area contributed by atoms with Crippen molar-refractivity contribution in [2.75, 3.05) is 32.6 Å². The molecule has 2 fully saturated rings. The molecule has 0 atom stereocenters. The number of piperidine rings is 1. The number of carbonyl (C=O) groups excluding carboxylic acids is 2. The standard InChI is InChI=1S/C33H38N4O6S/c1-19-30(34-20(2)31(19)33(39)37-11-9-23(10-12-37)35-22-5-6-22)17-28-27-16-26(7-8-29(27)36-32(28)38)44(40,41)18-21-13-24(42-3)15-25(14-21)43-4/h7-8,13-17,22-23,34-35H,5-6,9-12,18H2,1-4H3,(H,36,38). The maximum Gasteiger partial charge on any atom is 0.256 e. The van der Waals surface area contributed by atoms with Gasteiger partial charge in [-0.25, -0.2) is 8.42 Å². The van der Waals surface area contributed by atoms with Crippen LogP contribution in [0.2, 0.25) is 0 Å². The molecule has 2 aromatic carbocycles. The minimum atomic E-state index is -3.78. The lowest BCUT2D eigenvalue weighted by Crippen LogP contribution is -2.45. The fourth-order valence-electron chi connectivity index (χ4n) is 6.13. The molecule has 10 nitrogen and oxygen atoms in total. The molecule has 0 radical (unpaired) electrons. The SMILES string of the molecule is COc1cc(CS(=O)(=O)c2ccc3c(c2)C(=Cc2[nH]c(C)c(C(=O)N4CCC(NC5CC5)CC4)c2C)C(=O)N3)cc(OC)c1. The zero-order chi connectivity index (χ0) is 31.2. The summed E-state index contributed by atoms with van der Waals surface area (Å²) in [5.41, 5.74) is 4.63. The van der Waals surface area contributed by atoms with E-state index in [1.807, 2.05) is 18.7 Å². The molecule has 232 valence electrons. The predicted octanol–water partition coefficient (Wildman–Crippen LogP) is 4.47. The quantitative estimate of drug-likeness (QED) is 0.302. The number of benzene rings is 2. The fourth-order valence-corrected chi connectivity index (χ4v) is 7.48. The molecule has 0 bridgehead atoms. The van der Waals surface area contributed by atoms with Gasteiger partial charge < -0.3 is 30.0 Å². The van der Waals surface area contributed by atoms with Crippen LogP contribution in [0, 0.1) is 13.8 Å². The summed E-state index contributed by atoms with van der Waals surface area (Å²) in [7, 11) is -0.765. The second-order valence-electron chi connectivity index (χ2n) is 11.9. The van der Waals surface area contributed by atoms with E-state index in [1.165, 1.54) is 39.2 Å². The van der Waals surface area contributed by atoms with Crippen LogP contribution in [0.1, 0.15) is 64.1 Å². The van der Waals surface area contributed by atoms with Crippen LogP contribution in [0.5, 0.6) is 11.5 Å². The van der Waals surface area contributed by atoms with Crippen molar-refractivity contribution in [3.63, 3.8) is 0 Å². The van der Waals surface area contributed by atoms with Crippen LogP contribution in [0.25, 0.3) is 11.6 Å². The minimum absolute atomic E-state index is 0.00963. The Bertz CT molecular complexity index is 1740. The van der Waals surface area contributed by atoms with E-state index in [0.29, 0.717) is 70.3 Å². The zero-order valence-corrected chi connectivity index (χ0v) is 26.3. The number of aromatic amines is 1. The Morgan fingerprint density at radius 3 is 2.30 bits per heavy atom. The smallest absolute Gasteiger partial charge is 0.256 e. The van der Waals surface area contributed by atoms with Gasteiger partial charge >= 0.3 is 0 Å². The van der Waals surface area contributed by atoms with Gasteiger partial charge in [0.05, 0.1) is 36.0 Å². The van der Waals surface area contributed by atoms with E-state index in [1.54, 1.807) is 30.3 Å². The lowest BCUT2D eigenvalue weighted by atomic mass is 10.0. The molecule has 2 aliphatic heterocycles. The zero-order valence-electron chi connectivity index (χ0n) is 25.5. The fraction of sp³-hybridized carbons (Fsp3) is 0.394. The highest BCUT2D eigenvalue weighted by Crippen LogP contribution is 2.37. The molecule has 1 saturated carbocycles. The van der Waals surface area contributed by atoms with Crippen molar-refractivity contribution in [3.05, 3.63) is 70.0 Å². The molecule has 3 aliphatic rings. The van der Waals surface area contributed by atoms with E-state index in [4.69, 9.17) is 9.47 Å². The van der Waals surface area contributed by atoms with Crippen LogP contribution in [0.15, 0.2) is 41.3 Å². The Hall–Kier alpha value is -4.09. The summed E-state index contributed by atoms with van der Waals surface area (Å²) in [4.78, 5) is 32.0. The summed E-state index contributed by atoms with van der Waals surface area (Å²) in [6, 6.07) is 10.8. The average Bonchev–Trinajstić information content (AvgIpc) is 3.70. The van der Waals surface area contributed by atoms with E-state index in [0.717, 1.165) is 24.1 Å². The minimum Gasteiger partial charge on any atom is -0.497 e. The van der Waals surface area contributed by atoms with Crippen molar-refractivity contribution in [1.82, 2.24) is 15.2 Å². The van der Waals surface area contributed by atoms with Crippen LogP contribution >= 0.6 is 0 Å². The number of hydrogen-bond donors (Lipinski definition) is 3. The van der Waals surface area contributed by atoms with E-state index in [-0.39, 0.29) is 22.5 Å². The third-order valence-corrected chi connectivity index (χ3v) is 10.4. The topological polar surface area (TPSA) is 130 Å². The maximum atomic E-state index is 13.6. The number of likely N-dealkylation sites (tertiary alicyclic amines) is 1. The summed E-state index contributed by atoms with van der Waals surface area (Å²) in [6.07, 6.45) is 6.08. The molecule has 3 heterocycles. The van der Waals surface area contributed by atoms with Gasteiger partial charge in [0, 0.05) is 53.9 Å². The molecule has 0 spiro atoms. The highest BCUT2D eigenvalue weighted by atomic mass is 32.2. The Balaban J connectivity index is 1.25. The summed E-state index contributed by atoms with van der Waals surface area (Å²) < 4.78 is 37.6. The highest BCUT2D eigenvalue weighted by Gasteiger charge is 2.31. The molecule has 3 N–H and O–H groups in total. The number of fused-ring (bicyclic) bond motifs is 1. The summed E-state index contributed by atoms with van der Waals surface area (Å²) in [6.45, 7) is 5.16. The number of methoxy groups -OCH3 is 2. The van der Waals surface area contributed by atoms with Gasteiger partial charge in [0.25, 0.3) is 11.8 Å². The third-order valence-electron chi connectivity index (χ3n) is 8.71. The van der Waals surface area contributed by atoms with Gasteiger partial charge in [-0.3, -0.25) is 9.59 Å². The average molecular weight is 619 g/mol. The van der Waals surface area contributed by atoms with Crippen LogP contribution in [-0.4, -0.2) is 69.5 Å². The van der Waals surface area contributed by atoms with Crippen LogP contribution in [0.3, 0.4) is 0 Å². The number of aromatic nitrogens is 1. The second-order valence-corrected chi connectivity index (χ2v) is 13.9. The molecule has 2 amide bonds. The van der Waals surface area contributed by atoms with Gasteiger partial charge in [0.2, 0.25) is 0 Å². The van der Waals surface area contributed by atoms with Gasteiger partial charge in [0.1, 0.15) is 11.5 Å². The van der Waals surface area contributed by atoms with Crippen molar-refractivity contribution in [1.29, 1.82) is 0 Å². The van der Waals surface area contributed by atoms with Gasteiger partial charge in [-0.1, -0.05) is 0 Å². The molecule has 1 aliphatic carbocycles. The normalized spacial score (nSPS) is 18.0. The second kappa shape index (κ2) is 11.8. The first-order valence-electron chi connectivity index (χ1n) is 14.9. The molecule has 0 unspecified atom stereocenters. The monoisotopic (exact) mass is 618 g/mol. The number of H-pyrrole nitrogens is 1. The molecule has 11 heteroatoms. The molecule has 6 rings (SSSR count). The first kappa shape index (κ1) is 30.0. The third kappa shape index (κ3) is 5.98. The number of nitrogens with one attached hydrogen (secondary N) is 3. The van der Waals surface area contributed by atoms with E-state index in [2.05, 4.69) is 15.6 Å². The van der Waals surface area contributed by atoms with Crippen molar-refractivity contribution in [2.45, 2.75) is 62.3 Å². The van der Waals surface area contributed by atoms with Gasteiger partial charge in [0.15, 0.2) is 9.84 Å². The molecular weight excluding hydrogens is 580 g/mol. The number of ether oxygens (including phenoxy) is 2.